The number of phenolic OH excluding ortho intramolecular Hbond substituents is 1. The summed E-state index contributed by atoms with van der Waals surface area (Å²) in [5.41, 5.74) is 1.95. The van der Waals surface area contributed by atoms with Crippen LogP contribution in [0, 0.1) is 0 Å². The van der Waals surface area contributed by atoms with Crippen LogP contribution in [0.15, 0.2) is 69.0 Å². The normalized spacial score (nSPS) is 17.1. The molecule has 3 heterocycles. The van der Waals surface area contributed by atoms with Gasteiger partial charge >= 0.3 is 0 Å². The van der Waals surface area contributed by atoms with Gasteiger partial charge in [-0.3, -0.25) is 4.79 Å². The number of furan rings is 1. The zero-order valence-corrected chi connectivity index (χ0v) is 13.4. The summed E-state index contributed by atoms with van der Waals surface area (Å²) < 4.78 is 5.42. The van der Waals surface area contributed by atoms with Crippen LogP contribution in [-0.2, 0) is 0 Å². The van der Waals surface area contributed by atoms with Crippen molar-refractivity contribution in [2.45, 2.75) is 12.5 Å². The highest BCUT2D eigenvalue weighted by molar-refractivity contribution is 7.08. The SMILES string of the molecule is O=C(c1ccsc1)N1N=C(c2ccco2)C[C@@H]1c1ccccc1O. The Bertz CT molecular complexity index is 885. The first-order valence-electron chi connectivity index (χ1n) is 7.49. The monoisotopic (exact) mass is 338 g/mol. The lowest BCUT2D eigenvalue weighted by Crippen LogP contribution is -2.26. The number of phenols is 1. The van der Waals surface area contributed by atoms with Crippen LogP contribution in [0.3, 0.4) is 0 Å². The highest BCUT2D eigenvalue weighted by Gasteiger charge is 2.35. The summed E-state index contributed by atoms with van der Waals surface area (Å²) in [4.78, 5) is 12.8. The van der Waals surface area contributed by atoms with E-state index in [0.717, 1.165) is 0 Å². The number of hydrazone groups is 1. The number of amides is 1. The van der Waals surface area contributed by atoms with Crippen LogP contribution < -0.4 is 0 Å². The van der Waals surface area contributed by atoms with Crippen molar-refractivity contribution in [1.82, 2.24) is 5.01 Å². The summed E-state index contributed by atoms with van der Waals surface area (Å²) in [5.74, 6) is 0.601. The summed E-state index contributed by atoms with van der Waals surface area (Å²) in [7, 11) is 0. The first-order valence-corrected chi connectivity index (χ1v) is 8.43. The molecule has 6 heteroatoms. The van der Waals surface area contributed by atoms with Gasteiger partial charge in [0.25, 0.3) is 5.91 Å². The van der Waals surface area contributed by atoms with E-state index in [1.165, 1.54) is 16.3 Å². The topological polar surface area (TPSA) is 66.0 Å². The Morgan fingerprint density at radius 3 is 2.83 bits per heavy atom. The third-order valence-electron chi connectivity index (χ3n) is 3.99. The van der Waals surface area contributed by atoms with E-state index < -0.39 is 0 Å². The number of benzene rings is 1. The van der Waals surface area contributed by atoms with Crippen molar-refractivity contribution in [2.75, 3.05) is 0 Å². The largest absolute Gasteiger partial charge is 0.508 e. The molecule has 0 fully saturated rings. The molecular weight excluding hydrogens is 324 g/mol. The first-order chi connectivity index (χ1) is 11.7. The second-order valence-electron chi connectivity index (χ2n) is 5.46. The van der Waals surface area contributed by atoms with Crippen molar-refractivity contribution in [3.8, 4) is 5.75 Å². The van der Waals surface area contributed by atoms with Crippen molar-refractivity contribution in [2.24, 2.45) is 5.10 Å². The molecule has 24 heavy (non-hydrogen) atoms. The van der Waals surface area contributed by atoms with Gasteiger partial charge in [-0.25, -0.2) is 5.01 Å². The number of hydrogen-bond acceptors (Lipinski definition) is 5. The molecule has 120 valence electrons. The minimum Gasteiger partial charge on any atom is -0.508 e. The number of aromatic hydroxyl groups is 1. The molecule has 4 rings (SSSR count). The van der Waals surface area contributed by atoms with Gasteiger partial charge in [0.15, 0.2) is 0 Å². The van der Waals surface area contributed by atoms with Crippen LogP contribution in [-0.4, -0.2) is 21.7 Å². The van der Waals surface area contributed by atoms with E-state index in [9.17, 15) is 9.90 Å². The van der Waals surface area contributed by atoms with Gasteiger partial charge in [-0.2, -0.15) is 16.4 Å². The lowest BCUT2D eigenvalue weighted by Gasteiger charge is -2.22. The van der Waals surface area contributed by atoms with Gasteiger partial charge in [-0.1, -0.05) is 18.2 Å². The molecule has 0 aliphatic carbocycles. The van der Waals surface area contributed by atoms with Crippen LogP contribution >= 0.6 is 11.3 Å². The predicted octanol–water partition coefficient (Wildman–Crippen LogP) is 4.04. The molecule has 0 saturated heterocycles. The lowest BCUT2D eigenvalue weighted by atomic mass is 9.99. The number of thiophene rings is 1. The summed E-state index contributed by atoms with van der Waals surface area (Å²) >= 11 is 1.46. The van der Waals surface area contributed by atoms with Gasteiger partial charge in [-0.15, -0.1) is 0 Å². The Balaban J connectivity index is 1.75. The molecule has 1 aromatic carbocycles. The molecule has 0 bridgehead atoms. The molecule has 0 radical (unpaired) electrons. The number of carbonyl (C=O) groups excluding carboxylic acids is 1. The van der Waals surface area contributed by atoms with Crippen molar-refractivity contribution < 1.29 is 14.3 Å². The molecule has 1 N–H and O–H groups in total. The third kappa shape index (κ3) is 2.51. The maximum Gasteiger partial charge on any atom is 0.275 e. The molecular formula is C18H14N2O3S. The molecule has 3 aromatic rings. The van der Waals surface area contributed by atoms with E-state index in [1.807, 2.05) is 23.6 Å². The molecule has 1 aliphatic heterocycles. The number of rotatable bonds is 3. The van der Waals surface area contributed by atoms with E-state index in [1.54, 1.807) is 35.9 Å². The number of para-hydroxylation sites is 1. The average molecular weight is 338 g/mol. The highest BCUT2D eigenvalue weighted by Crippen LogP contribution is 2.37. The molecule has 2 aromatic heterocycles. The Morgan fingerprint density at radius 1 is 1.25 bits per heavy atom. The second kappa shape index (κ2) is 5.98. The summed E-state index contributed by atoms with van der Waals surface area (Å²) in [6.07, 6.45) is 2.07. The van der Waals surface area contributed by atoms with Gasteiger partial charge in [0.05, 0.1) is 17.9 Å². The molecule has 1 aliphatic rings. The quantitative estimate of drug-likeness (QED) is 0.784. The number of nitrogens with zero attached hydrogens (tertiary/aromatic N) is 2. The van der Waals surface area contributed by atoms with Crippen LogP contribution in [0.5, 0.6) is 5.75 Å². The van der Waals surface area contributed by atoms with Crippen molar-refractivity contribution in [3.05, 3.63) is 76.4 Å². The Kier molecular flexibility index (Phi) is 3.66. The molecule has 0 spiro atoms. The predicted molar refractivity (Wildman–Crippen MR) is 91.2 cm³/mol. The second-order valence-corrected chi connectivity index (χ2v) is 6.24. The average Bonchev–Trinajstić information content (AvgIpc) is 3.34. The van der Waals surface area contributed by atoms with E-state index in [4.69, 9.17) is 4.42 Å². The van der Waals surface area contributed by atoms with Crippen molar-refractivity contribution >= 4 is 23.0 Å². The smallest absolute Gasteiger partial charge is 0.275 e. The fourth-order valence-corrected chi connectivity index (χ4v) is 3.45. The molecule has 0 unspecified atom stereocenters. The maximum atomic E-state index is 12.8. The summed E-state index contributed by atoms with van der Waals surface area (Å²) in [6, 6.07) is 12.0. The van der Waals surface area contributed by atoms with Gasteiger partial charge in [-0.05, 0) is 29.6 Å². The van der Waals surface area contributed by atoms with Crippen LogP contribution in [0.4, 0.5) is 0 Å². The van der Waals surface area contributed by atoms with E-state index in [2.05, 4.69) is 5.10 Å². The minimum absolute atomic E-state index is 0.154. The standard InChI is InChI=1S/C18H14N2O3S/c21-16-5-2-1-4-13(16)15-10-14(17-6-3-8-23-17)19-20(15)18(22)12-7-9-24-11-12/h1-9,11,15,21H,10H2/t15-/m1/s1. The molecule has 1 atom stereocenters. The zero-order chi connectivity index (χ0) is 16.5. The Morgan fingerprint density at radius 2 is 2.12 bits per heavy atom. The maximum absolute atomic E-state index is 12.8. The van der Waals surface area contributed by atoms with Gasteiger partial charge in [0.2, 0.25) is 0 Å². The first kappa shape index (κ1) is 14.7. The van der Waals surface area contributed by atoms with Crippen LogP contribution in [0.25, 0.3) is 0 Å². The van der Waals surface area contributed by atoms with Crippen molar-refractivity contribution in [3.63, 3.8) is 0 Å². The van der Waals surface area contributed by atoms with Crippen LogP contribution in [0.1, 0.15) is 34.1 Å². The summed E-state index contributed by atoms with van der Waals surface area (Å²) in [5, 5.41) is 19.8. The molecule has 1 amide bonds. The minimum atomic E-state index is -0.362. The third-order valence-corrected chi connectivity index (χ3v) is 4.67. The van der Waals surface area contributed by atoms with Gasteiger partial charge in [0, 0.05) is 17.4 Å². The fourth-order valence-electron chi connectivity index (χ4n) is 2.82. The Labute approximate surface area is 142 Å². The molecule has 0 saturated carbocycles. The fraction of sp³-hybridized carbons (Fsp3) is 0.111. The van der Waals surface area contributed by atoms with E-state index >= 15 is 0 Å². The Hall–Kier alpha value is -2.86. The molecule has 5 nitrogen and oxygen atoms in total. The highest BCUT2D eigenvalue weighted by atomic mass is 32.1. The summed E-state index contributed by atoms with van der Waals surface area (Å²) in [6.45, 7) is 0. The van der Waals surface area contributed by atoms with Gasteiger partial charge < -0.3 is 9.52 Å². The van der Waals surface area contributed by atoms with E-state index in [0.29, 0.717) is 29.0 Å². The number of hydrogen-bond donors (Lipinski definition) is 1. The van der Waals surface area contributed by atoms with Gasteiger partial charge in [0.1, 0.15) is 17.2 Å². The van der Waals surface area contributed by atoms with E-state index in [-0.39, 0.29) is 17.7 Å². The zero-order valence-electron chi connectivity index (χ0n) is 12.6. The van der Waals surface area contributed by atoms with Crippen molar-refractivity contribution in [1.29, 1.82) is 0 Å². The van der Waals surface area contributed by atoms with Crippen LogP contribution in [0.2, 0.25) is 0 Å². The number of carbonyl (C=O) groups is 1. The lowest BCUT2D eigenvalue weighted by molar-refractivity contribution is 0.0710.